The molecule has 23 heavy (non-hydrogen) atoms. The number of rotatable bonds is 7. The minimum absolute atomic E-state index is 0.898. The summed E-state index contributed by atoms with van der Waals surface area (Å²) in [5, 5.41) is 0. The molecule has 0 bridgehead atoms. The van der Waals surface area contributed by atoms with E-state index in [1.54, 1.807) is 0 Å². The Hall–Kier alpha value is -2.61. The zero-order chi connectivity index (χ0) is 16.1. The third-order valence-corrected chi connectivity index (χ3v) is 4.09. The number of aryl methyl sites for hydroxylation is 2. The summed E-state index contributed by atoms with van der Waals surface area (Å²) in [7, 11) is 0. The number of allylic oxidation sites excluding steroid dienone is 2. The first kappa shape index (κ1) is 15.3. The van der Waals surface area contributed by atoms with E-state index in [0.29, 0.717) is 0 Å². The Morgan fingerprint density at radius 1 is 0.913 bits per heavy atom. The molecule has 2 nitrogen and oxygen atoms in total. The fourth-order valence-electron chi connectivity index (χ4n) is 2.94. The van der Waals surface area contributed by atoms with E-state index in [4.69, 9.17) is 4.98 Å². The standard InChI is InChI=1S/C21H22N2/c1-3-5-11-17-12-7-8-13-18(17)21-22-19-14-9-10-15-20(19)23(21)16-6-4-2/h3-4,7-10,12-15H,1-2,5-6,11,16H2. The lowest BCUT2D eigenvalue weighted by Gasteiger charge is -2.11. The zero-order valence-corrected chi connectivity index (χ0v) is 13.4. The average molecular weight is 302 g/mol. The lowest BCUT2D eigenvalue weighted by Crippen LogP contribution is -2.02. The van der Waals surface area contributed by atoms with Crippen molar-refractivity contribution in [3.63, 3.8) is 0 Å². The number of hydrogen-bond acceptors (Lipinski definition) is 1. The third-order valence-electron chi connectivity index (χ3n) is 4.09. The Morgan fingerprint density at radius 3 is 2.48 bits per heavy atom. The largest absolute Gasteiger partial charge is 0.324 e. The van der Waals surface area contributed by atoms with Crippen molar-refractivity contribution in [3.8, 4) is 11.4 Å². The van der Waals surface area contributed by atoms with E-state index >= 15 is 0 Å². The summed E-state index contributed by atoms with van der Waals surface area (Å²) < 4.78 is 2.31. The van der Waals surface area contributed by atoms with Gasteiger partial charge in [-0.2, -0.15) is 0 Å². The number of para-hydroxylation sites is 2. The van der Waals surface area contributed by atoms with E-state index in [9.17, 15) is 0 Å². The van der Waals surface area contributed by atoms with Crippen LogP contribution < -0.4 is 0 Å². The van der Waals surface area contributed by atoms with Crippen LogP contribution in [0.1, 0.15) is 18.4 Å². The van der Waals surface area contributed by atoms with E-state index in [1.165, 1.54) is 16.6 Å². The zero-order valence-electron chi connectivity index (χ0n) is 13.4. The van der Waals surface area contributed by atoms with Gasteiger partial charge in [0.15, 0.2) is 0 Å². The van der Waals surface area contributed by atoms with Crippen molar-refractivity contribution in [2.75, 3.05) is 0 Å². The number of benzene rings is 2. The minimum atomic E-state index is 0.898. The molecule has 0 saturated carbocycles. The molecule has 1 heterocycles. The van der Waals surface area contributed by atoms with E-state index < -0.39 is 0 Å². The first-order valence-corrected chi connectivity index (χ1v) is 8.10. The van der Waals surface area contributed by atoms with Crippen molar-refractivity contribution in [1.29, 1.82) is 0 Å². The summed E-state index contributed by atoms with van der Waals surface area (Å²) in [5.41, 5.74) is 4.77. The smallest absolute Gasteiger partial charge is 0.141 e. The lowest BCUT2D eigenvalue weighted by molar-refractivity contribution is 0.738. The van der Waals surface area contributed by atoms with Gasteiger partial charge < -0.3 is 4.57 Å². The molecule has 0 aliphatic carbocycles. The molecule has 1 aromatic heterocycles. The van der Waals surface area contributed by atoms with Gasteiger partial charge in [0.25, 0.3) is 0 Å². The molecule has 2 heteroatoms. The van der Waals surface area contributed by atoms with Crippen LogP contribution in [0.3, 0.4) is 0 Å². The van der Waals surface area contributed by atoms with Crippen LogP contribution in [-0.2, 0) is 13.0 Å². The Bertz CT molecular complexity index is 827. The van der Waals surface area contributed by atoms with Crippen LogP contribution in [0, 0.1) is 0 Å². The minimum Gasteiger partial charge on any atom is -0.324 e. The first-order valence-electron chi connectivity index (χ1n) is 8.10. The van der Waals surface area contributed by atoms with Crippen LogP contribution in [-0.4, -0.2) is 9.55 Å². The SMILES string of the molecule is C=CCCc1ccccc1-c1nc2ccccc2n1CCC=C. The van der Waals surface area contributed by atoms with Crippen molar-refractivity contribution < 1.29 is 0 Å². The molecule has 0 N–H and O–H groups in total. The predicted octanol–water partition coefficient (Wildman–Crippen LogP) is 5.40. The molecule has 2 aromatic carbocycles. The van der Waals surface area contributed by atoms with Gasteiger partial charge in [-0.05, 0) is 37.0 Å². The predicted molar refractivity (Wildman–Crippen MR) is 98.5 cm³/mol. The number of imidazole rings is 1. The van der Waals surface area contributed by atoms with Crippen LogP contribution in [0.5, 0.6) is 0 Å². The van der Waals surface area contributed by atoms with Gasteiger partial charge in [0, 0.05) is 12.1 Å². The number of hydrogen-bond donors (Lipinski definition) is 0. The second-order valence-electron chi connectivity index (χ2n) is 5.64. The Morgan fingerprint density at radius 2 is 1.65 bits per heavy atom. The van der Waals surface area contributed by atoms with Crippen molar-refractivity contribution in [2.45, 2.75) is 25.8 Å². The topological polar surface area (TPSA) is 17.8 Å². The fourth-order valence-corrected chi connectivity index (χ4v) is 2.94. The first-order chi connectivity index (χ1) is 11.3. The Labute approximate surface area is 137 Å². The van der Waals surface area contributed by atoms with Crippen LogP contribution in [0.15, 0.2) is 73.8 Å². The highest BCUT2D eigenvalue weighted by molar-refractivity contribution is 5.81. The molecule has 0 aliphatic heterocycles. The molecular formula is C21H22N2. The Balaban J connectivity index is 2.15. The molecular weight excluding hydrogens is 280 g/mol. The quantitative estimate of drug-likeness (QED) is 0.534. The molecule has 0 amide bonds. The molecule has 0 spiro atoms. The highest BCUT2D eigenvalue weighted by Gasteiger charge is 2.14. The fraction of sp³-hybridized carbons (Fsp3) is 0.190. The average Bonchev–Trinajstić information content (AvgIpc) is 2.96. The maximum Gasteiger partial charge on any atom is 0.141 e. The molecule has 0 radical (unpaired) electrons. The molecule has 0 saturated heterocycles. The second kappa shape index (κ2) is 7.10. The summed E-state index contributed by atoms with van der Waals surface area (Å²) >= 11 is 0. The maximum absolute atomic E-state index is 4.91. The van der Waals surface area contributed by atoms with Crippen molar-refractivity contribution in [3.05, 3.63) is 79.4 Å². The van der Waals surface area contributed by atoms with Crippen LogP contribution >= 0.6 is 0 Å². The van der Waals surface area contributed by atoms with E-state index in [0.717, 1.165) is 37.1 Å². The van der Waals surface area contributed by atoms with Gasteiger partial charge in [-0.1, -0.05) is 48.6 Å². The molecule has 0 unspecified atom stereocenters. The highest BCUT2D eigenvalue weighted by Crippen LogP contribution is 2.28. The van der Waals surface area contributed by atoms with Gasteiger partial charge in [0.2, 0.25) is 0 Å². The second-order valence-corrected chi connectivity index (χ2v) is 5.64. The van der Waals surface area contributed by atoms with Gasteiger partial charge in [-0.3, -0.25) is 0 Å². The number of fused-ring (bicyclic) bond motifs is 1. The number of aromatic nitrogens is 2. The summed E-state index contributed by atoms with van der Waals surface area (Å²) in [6.07, 6.45) is 6.83. The van der Waals surface area contributed by atoms with Gasteiger partial charge in [0.05, 0.1) is 11.0 Å². The van der Waals surface area contributed by atoms with E-state index in [-0.39, 0.29) is 0 Å². The molecule has 3 aromatic rings. The van der Waals surface area contributed by atoms with Gasteiger partial charge in [0.1, 0.15) is 5.82 Å². The van der Waals surface area contributed by atoms with Crippen molar-refractivity contribution in [1.82, 2.24) is 9.55 Å². The van der Waals surface area contributed by atoms with Gasteiger partial charge in [-0.25, -0.2) is 4.98 Å². The van der Waals surface area contributed by atoms with E-state index in [1.807, 2.05) is 18.2 Å². The summed E-state index contributed by atoms with van der Waals surface area (Å²) in [6.45, 7) is 8.59. The van der Waals surface area contributed by atoms with Crippen LogP contribution in [0.25, 0.3) is 22.4 Å². The van der Waals surface area contributed by atoms with Gasteiger partial charge >= 0.3 is 0 Å². The van der Waals surface area contributed by atoms with Crippen molar-refractivity contribution in [2.24, 2.45) is 0 Å². The highest BCUT2D eigenvalue weighted by atomic mass is 15.1. The van der Waals surface area contributed by atoms with Crippen molar-refractivity contribution >= 4 is 11.0 Å². The third kappa shape index (κ3) is 3.11. The lowest BCUT2D eigenvalue weighted by atomic mass is 10.0. The monoisotopic (exact) mass is 302 g/mol. The Kier molecular flexibility index (Phi) is 4.72. The van der Waals surface area contributed by atoms with Gasteiger partial charge in [-0.15, -0.1) is 13.2 Å². The molecule has 0 fully saturated rings. The van der Waals surface area contributed by atoms with E-state index in [2.05, 4.69) is 60.2 Å². The van der Waals surface area contributed by atoms with Crippen LogP contribution in [0.4, 0.5) is 0 Å². The number of nitrogens with zero attached hydrogens (tertiary/aromatic N) is 2. The molecule has 0 aliphatic rings. The summed E-state index contributed by atoms with van der Waals surface area (Å²) in [5.74, 6) is 1.05. The summed E-state index contributed by atoms with van der Waals surface area (Å²) in [4.78, 5) is 4.91. The normalized spacial score (nSPS) is 10.8. The molecule has 0 atom stereocenters. The maximum atomic E-state index is 4.91. The molecule has 3 rings (SSSR count). The van der Waals surface area contributed by atoms with Crippen LogP contribution in [0.2, 0.25) is 0 Å². The molecule has 116 valence electrons. The summed E-state index contributed by atoms with van der Waals surface area (Å²) in [6, 6.07) is 16.9.